The van der Waals surface area contributed by atoms with Crippen molar-refractivity contribution >= 4 is 5.91 Å². The summed E-state index contributed by atoms with van der Waals surface area (Å²) in [6.07, 6.45) is 1.46. The Morgan fingerprint density at radius 2 is 2.10 bits per heavy atom. The fourth-order valence-corrected chi connectivity index (χ4v) is 2.95. The van der Waals surface area contributed by atoms with Gasteiger partial charge < -0.3 is 10.6 Å². The number of carbonyl (C=O) groups excluding carboxylic acids is 1. The van der Waals surface area contributed by atoms with E-state index >= 15 is 0 Å². The molecule has 0 aromatic heterocycles. The Bertz CT molecular complexity index is 460. The van der Waals surface area contributed by atoms with Crippen LogP contribution in [0.15, 0.2) is 24.3 Å². The van der Waals surface area contributed by atoms with Crippen LogP contribution in [-0.4, -0.2) is 29.9 Å². The van der Waals surface area contributed by atoms with Gasteiger partial charge in [-0.05, 0) is 49.4 Å². The normalized spacial score (nSPS) is 23.9. The van der Waals surface area contributed by atoms with Crippen molar-refractivity contribution in [1.29, 1.82) is 0 Å². The van der Waals surface area contributed by atoms with E-state index < -0.39 is 0 Å². The van der Waals surface area contributed by atoms with E-state index in [9.17, 15) is 9.18 Å². The molecule has 1 aliphatic rings. The van der Waals surface area contributed by atoms with Crippen LogP contribution < -0.4 is 5.73 Å². The van der Waals surface area contributed by atoms with E-state index in [4.69, 9.17) is 5.73 Å². The number of rotatable bonds is 4. The molecule has 2 N–H and O–H groups in total. The Morgan fingerprint density at radius 3 is 2.65 bits per heavy atom. The molecule has 1 aliphatic heterocycles. The number of carbonyl (C=O) groups is 1. The summed E-state index contributed by atoms with van der Waals surface area (Å²) >= 11 is 0. The van der Waals surface area contributed by atoms with Crippen molar-refractivity contribution in [3.8, 4) is 0 Å². The molecule has 1 saturated heterocycles. The number of likely N-dealkylation sites (tertiary alicyclic amines) is 1. The highest BCUT2D eigenvalue weighted by atomic mass is 19.1. The fourth-order valence-electron chi connectivity index (χ4n) is 2.95. The lowest BCUT2D eigenvalue weighted by atomic mass is 9.97. The maximum atomic E-state index is 12.9. The second kappa shape index (κ2) is 6.35. The molecule has 3 unspecified atom stereocenters. The quantitative estimate of drug-likeness (QED) is 0.920. The molecule has 20 heavy (non-hydrogen) atoms. The number of amides is 1. The molecule has 0 aliphatic carbocycles. The maximum absolute atomic E-state index is 12.9. The molecule has 0 bridgehead atoms. The monoisotopic (exact) mass is 278 g/mol. The standard InChI is InChI=1S/C16H23FN2O/c1-11(14-3-5-15(17)6-4-14)7-16(20)19-10-13(9-18)8-12(19)2/h3-6,11-13H,7-10,18H2,1-2H3. The van der Waals surface area contributed by atoms with Crippen molar-refractivity contribution in [3.63, 3.8) is 0 Å². The summed E-state index contributed by atoms with van der Waals surface area (Å²) in [6, 6.07) is 6.67. The van der Waals surface area contributed by atoms with Crippen LogP contribution in [0.2, 0.25) is 0 Å². The van der Waals surface area contributed by atoms with E-state index in [1.54, 1.807) is 12.1 Å². The highest BCUT2D eigenvalue weighted by Crippen LogP contribution is 2.26. The molecule has 0 spiro atoms. The molecule has 0 saturated carbocycles. The zero-order valence-corrected chi connectivity index (χ0v) is 12.2. The van der Waals surface area contributed by atoms with Gasteiger partial charge in [-0.15, -0.1) is 0 Å². The lowest BCUT2D eigenvalue weighted by Gasteiger charge is -2.23. The molecule has 1 heterocycles. The van der Waals surface area contributed by atoms with Crippen molar-refractivity contribution in [3.05, 3.63) is 35.6 Å². The lowest BCUT2D eigenvalue weighted by Crippen LogP contribution is -2.35. The first-order valence-corrected chi connectivity index (χ1v) is 7.26. The molecular formula is C16H23FN2O. The molecule has 0 radical (unpaired) electrons. The first kappa shape index (κ1) is 15.0. The molecule has 1 amide bonds. The highest BCUT2D eigenvalue weighted by molar-refractivity contribution is 5.77. The Labute approximate surface area is 120 Å². The molecule has 4 heteroatoms. The van der Waals surface area contributed by atoms with Crippen molar-refractivity contribution in [2.45, 2.75) is 38.6 Å². The van der Waals surface area contributed by atoms with Gasteiger partial charge in [0.25, 0.3) is 0 Å². The van der Waals surface area contributed by atoms with Gasteiger partial charge in [0.1, 0.15) is 5.82 Å². The minimum absolute atomic E-state index is 0.104. The van der Waals surface area contributed by atoms with E-state index in [1.807, 2.05) is 11.8 Å². The molecule has 110 valence electrons. The van der Waals surface area contributed by atoms with Gasteiger partial charge in [-0.2, -0.15) is 0 Å². The van der Waals surface area contributed by atoms with E-state index in [0.717, 1.165) is 18.5 Å². The predicted octanol–water partition coefficient (Wildman–Crippen LogP) is 2.52. The summed E-state index contributed by atoms with van der Waals surface area (Å²) in [6.45, 7) is 5.50. The fraction of sp³-hybridized carbons (Fsp3) is 0.562. The van der Waals surface area contributed by atoms with Crippen LogP contribution in [0.4, 0.5) is 4.39 Å². The summed E-state index contributed by atoms with van der Waals surface area (Å²) in [5.74, 6) is 0.457. The van der Waals surface area contributed by atoms with E-state index in [2.05, 4.69) is 6.92 Å². The van der Waals surface area contributed by atoms with Gasteiger partial charge in [-0.25, -0.2) is 4.39 Å². The van der Waals surface area contributed by atoms with Crippen LogP contribution in [0, 0.1) is 11.7 Å². The van der Waals surface area contributed by atoms with Gasteiger partial charge >= 0.3 is 0 Å². The van der Waals surface area contributed by atoms with Gasteiger partial charge in [0.2, 0.25) is 5.91 Å². The molecule has 1 aromatic carbocycles. The predicted molar refractivity (Wildman–Crippen MR) is 77.8 cm³/mol. The van der Waals surface area contributed by atoms with Crippen LogP contribution in [0.25, 0.3) is 0 Å². The summed E-state index contributed by atoms with van der Waals surface area (Å²) in [7, 11) is 0. The molecule has 3 atom stereocenters. The van der Waals surface area contributed by atoms with Crippen LogP contribution >= 0.6 is 0 Å². The average molecular weight is 278 g/mol. The molecule has 1 aromatic rings. The number of hydrogen-bond donors (Lipinski definition) is 1. The zero-order valence-electron chi connectivity index (χ0n) is 12.2. The van der Waals surface area contributed by atoms with Crippen molar-refractivity contribution < 1.29 is 9.18 Å². The second-order valence-electron chi connectivity index (χ2n) is 5.89. The Kier molecular flexibility index (Phi) is 4.76. The number of hydrogen-bond acceptors (Lipinski definition) is 2. The van der Waals surface area contributed by atoms with Crippen molar-refractivity contribution in [2.75, 3.05) is 13.1 Å². The van der Waals surface area contributed by atoms with Crippen LogP contribution in [0.1, 0.15) is 38.2 Å². The first-order valence-electron chi connectivity index (χ1n) is 7.26. The second-order valence-corrected chi connectivity index (χ2v) is 5.89. The third-order valence-corrected chi connectivity index (χ3v) is 4.23. The van der Waals surface area contributed by atoms with Gasteiger partial charge in [0.15, 0.2) is 0 Å². The molecule has 2 rings (SSSR count). The summed E-state index contributed by atoms with van der Waals surface area (Å²) in [5, 5.41) is 0. The largest absolute Gasteiger partial charge is 0.340 e. The summed E-state index contributed by atoms with van der Waals surface area (Å²) in [5.41, 5.74) is 6.69. The highest BCUT2D eigenvalue weighted by Gasteiger charge is 2.31. The zero-order chi connectivity index (χ0) is 14.7. The average Bonchev–Trinajstić information content (AvgIpc) is 2.80. The molecule has 3 nitrogen and oxygen atoms in total. The van der Waals surface area contributed by atoms with Gasteiger partial charge in [0.05, 0.1) is 0 Å². The Balaban J connectivity index is 1.95. The Hall–Kier alpha value is -1.42. The van der Waals surface area contributed by atoms with Gasteiger partial charge in [-0.3, -0.25) is 4.79 Å². The third kappa shape index (κ3) is 3.37. The van der Waals surface area contributed by atoms with Crippen molar-refractivity contribution in [2.24, 2.45) is 11.7 Å². The SMILES string of the molecule is CC(CC(=O)N1CC(CN)CC1C)c1ccc(F)cc1. The van der Waals surface area contributed by atoms with E-state index in [1.165, 1.54) is 12.1 Å². The van der Waals surface area contributed by atoms with Crippen LogP contribution in [0.5, 0.6) is 0 Å². The third-order valence-electron chi connectivity index (χ3n) is 4.23. The summed E-state index contributed by atoms with van der Waals surface area (Å²) in [4.78, 5) is 14.3. The van der Waals surface area contributed by atoms with Crippen molar-refractivity contribution in [1.82, 2.24) is 4.90 Å². The topological polar surface area (TPSA) is 46.3 Å². The molecular weight excluding hydrogens is 255 g/mol. The summed E-state index contributed by atoms with van der Waals surface area (Å²) < 4.78 is 12.9. The molecule has 1 fully saturated rings. The Morgan fingerprint density at radius 1 is 1.45 bits per heavy atom. The van der Waals surface area contributed by atoms with E-state index in [0.29, 0.717) is 18.9 Å². The number of nitrogens with two attached hydrogens (primary N) is 1. The minimum Gasteiger partial charge on any atom is -0.340 e. The van der Waals surface area contributed by atoms with Crippen LogP contribution in [0.3, 0.4) is 0 Å². The van der Waals surface area contributed by atoms with Gasteiger partial charge in [-0.1, -0.05) is 19.1 Å². The number of halogens is 1. The number of nitrogens with zero attached hydrogens (tertiary/aromatic N) is 1. The number of benzene rings is 1. The van der Waals surface area contributed by atoms with Gasteiger partial charge in [0, 0.05) is 19.0 Å². The first-order chi connectivity index (χ1) is 9.51. The minimum atomic E-state index is -0.244. The smallest absolute Gasteiger partial charge is 0.223 e. The lowest BCUT2D eigenvalue weighted by molar-refractivity contribution is -0.132. The van der Waals surface area contributed by atoms with Crippen LogP contribution in [-0.2, 0) is 4.79 Å². The maximum Gasteiger partial charge on any atom is 0.223 e. The van der Waals surface area contributed by atoms with E-state index in [-0.39, 0.29) is 23.7 Å².